The third-order valence-electron chi connectivity index (χ3n) is 3.11. The van der Waals surface area contributed by atoms with Crippen molar-refractivity contribution in [2.24, 2.45) is 11.1 Å². The van der Waals surface area contributed by atoms with E-state index in [1.807, 2.05) is 5.01 Å². The van der Waals surface area contributed by atoms with E-state index in [1.165, 1.54) is 0 Å². The first-order valence-corrected chi connectivity index (χ1v) is 6.75. The summed E-state index contributed by atoms with van der Waals surface area (Å²) in [5, 5.41) is 1.99. The molecule has 5 nitrogen and oxygen atoms in total. The Bertz CT molecular complexity index is 267. The van der Waals surface area contributed by atoms with E-state index in [1.54, 1.807) is 0 Å². The van der Waals surface area contributed by atoms with Crippen molar-refractivity contribution in [1.82, 2.24) is 15.3 Å². The number of amides is 1. The Morgan fingerprint density at radius 2 is 1.83 bits per heavy atom. The number of nitrogens with two attached hydrogens (primary N) is 1. The van der Waals surface area contributed by atoms with Crippen molar-refractivity contribution in [3.63, 3.8) is 0 Å². The van der Waals surface area contributed by atoms with Gasteiger partial charge < -0.3 is 10.6 Å². The quantitative estimate of drug-likeness (QED) is 0.765. The molecule has 18 heavy (non-hydrogen) atoms. The Kier molecular flexibility index (Phi) is 5.56. The zero-order valence-corrected chi connectivity index (χ0v) is 12.2. The minimum atomic E-state index is -0.0579. The van der Waals surface area contributed by atoms with Crippen LogP contribution in [0.2, 0.25) is 0 Å². The summed E-state index contributed by atoms with van der Waals surface area (Å²) in [7, 11) is 2.10. The van der Waals surface area contributed by atoms with Crippen LogP contribution in [-0.4, -0.2) is 55.1 Å². The van der Waals surface area contributed by atoms with E-state index in [0.717, 1.165) is 32.6 Å². The maximum atomic E-state index is 11.8. The van der Waals surface area contributed by atoms with E-state index in [-0.39, 0.29) is 17.4 Å². The monoisotopic (exact) mass is 256 g/mol. The lowest BCUT2D eigenvalue weighted by molar-refractivity contribution is -0.127. The number of nitrogens with one attached hydrogen (secondary N) is 1. The highest BCUT2D eigenvalue weighted by Gasteiger charge is 2.20. The number of hydrogen-bond acceptors (Lipinski definition) is 4. The van der Waals surface area contributed by atoms with Crippen LogP contribution in [0, 0.1) is 5.41 Å². The molecule has 0 spiro atoms. The van der Waals surface area contributed by atoms with E-state index >= 15 is 0 Å². The third kappa shape index (κ3) is 6.33. The van der Waals surface area contributed by atoms with E-state index in [9.17, 15) is 4.79 Å². The summed E-state index contributed by atoms with van der Waals surface area (Å²) in [5.41, 5.74) is 9.12. The van der Waals surface area contributed by atoms with Gasteiger partial charge in [0, 0.05) is 38.6 Å². The summed E-state index contributed by atoms with van der Waals surface area (Å²) in [4.78, 5) is 14.1. The van der Waals surface area contributed by atoms with Gasteiger partial charge in [0.15, 0.2) is 0 Å². The number of piperazine rings is 1. The third-order valence-corrected chi connectivity index (χ3v) is 3.11. The fourth-order valence-electron chi connectivity index (χ4n) is 2.24. The smallest absolute Gasteiger partial charge is 0.235 e. The second kappa shape index (κ2) is 6.50. The Labute approximate surface area is 111 Å². The molecule has 0 aliphatic carbocycles. The van der Waals surface area contributed by atoms with Crippen molar-refractivity contribution in [2.45, 2.75) is 39.7 Å². The fourth-order valence-corrected chi connectivity index (χ4v) is 2.24. The summed E-state index contributed by atoms with van der Waals surface area (Å²) < 4.78 is 0. The molecule has 3 N–H and O–H groups in total. The van der Waals surface area contributed by atoms with Crippen LogP contribution in [0.4, 0.5) is 0 Å². The Hall–Kier alpha value is -0.650. The van der Waals surface area contributed by atoms with Crippen molar-refractivity contribution >= 4 is 5.91 Å². The van der Waals surface area contributed by atoms with Gasteiger partial charge in [-0.15, -0.1) is 0 Å². The Morgan fingerprint density at radius 3 is 2.33 bits per heavy atom. The molecule has 1 atom stereocenters. The summed E-state index contributed by atoms with van der Waals surface area (Å²) in [6.45, 7) is 10.2. The molecule has 1 aliphatic heterocycles. The lowest BCUT2D eigenvalue weighted by Crippen LogP contribution is -2.53. The van der Waals surface area contributed by atoms with E-state index < -0.39 is 0 Å². The number of carbonyl (C=O) groups excluding carboxylic acids is 1. The van der Waals surface area contributed by atoms with Gasteiger partial charge >= 0.3 is 0 Å². The SMILES string of the molecule is CN1CCN(NC(=O)CC(N)CC(C)(C)C)CC1. The molecular weight excluding hydrogens is 228 g/mol. The number of likely N-dealkylation sites (N-methyl/N-ethyl adjacent to an activating group) is 1. The van der Waals surface area contributed by atoms with Gasteiger partial charge in [-0.2, -0.15) is 0 Å². The second-order valence-corrected chi connectivity index (χ2v) is 6.55. The van der Waals surface area contributed by atoms with Crippen LogP contribution in [0.3, 0.4) is 0 Å². The summed E-state index contributed by atoms with van der Waals surface area (Å²) in [6, 6.07) is -0.0579. The number of hydrogen-bond donors (Lipinski definition) is 2. The first-order chi connectivity index (χ1) is 8.26. The predicted octanol–water partition coefficient (Wildman–Crippen LogP) is 0.419. The summed E-state index contributed by atoms with van der Waals surface area (Å²) >= 11 is 0. The van der Waals surface area contributed by atoms with Gasteiger partial charge in [-0.25, -0.2) is 5.01 Å². The van der Waals surface area contributed by atoms with Crippen molar-refractivity contribution in [1.29, 1.82) is 0 Å². The molecule has 0 bridgehead atoms. The molecule has 1 unspecified atom stereocenters. The summed E-state index contributed by atoms with van der Waals surface area (Å²) in [5.74, 6) is 0.0382. The van der Waals surface area contributed by atoms with Gasteiger partial charge in [-0.3, -0.25) is 10.2 Å². The molecule has 0 aromatic heterocycles. The van der Waals surface area contributed by atoms with Gasteiger partial charge in [0.25, 0.3) is 0 Å². The molecule has 0 radical (unpaired) electrons. The van der Waals surface area contributed by atoms with Crippen molar-refractivity contribution in [3.05, 3.63) is 0 Å². The topological polar surface area (TPSA) is 61.6 Å². The average molecular weight is 256 g/mol. The molecule has 1 rings (SSSR count). The van der Waals surface area contributed by atoms with Crippen LogP contribution in [0.15, 0.2) is 0 Å². The van der Waals surface area contributed by atoms with Crippen molar-refractivity contribution in [3.8, 4) is 0 Å². The molecule has 5 heteroatoms. The zero-order valence-electron chi connectivity index (χ0n) is 12.2. The highest BCUT2D eigenvalue weighted by Crippen LogP contribution is 2.20. The average Bonchev–Trinajstić information content (AvgIpc) is 2.18. The molecule has 1 fully saturated rings. The molecule has 1 saturated heterocycles. The molecule has 0 aromatic carbocycles. The van der Waals surface area contributed by atoms with E-state index in [4.69, 9.17) is 5.73 Å². The minimum absolute atomic E-state index is 0.0382. The highest BCUT2D eigenvalue weighted by molar-refractivity contribution is 5.76. The molecule has 0 saturated carbocycles. The Morgan fingerprint density at radius 1 is 1.28 bits per heavy atom. The molecular formula is C13H28N4O. The maximum Gasteiger partial charge on any atom is 0.235 e. The van der Waals surface area contributed by atoms with Crippen LogP contribution in [0.25, 0.3) is 0 Å². The maximum absolute atomic E-state index is 11.8. The molecule has 1 aliphatic rings. The number of nitrogens with zero attached hydrogens (tertiary/aromatic N) is 2. The van der Waals surface area contributed by atoms with Gasteiger partial charge in [0.05, 0.1) is 0 Å². The highest BCUT2D eigenvalue weighted by atomic mass is 16.2. The lowest BCUT2D eigenvalue weighted by atomic mass is 9.87. The van der Waals surface area contributed by atoms with Crippen molar-refractivity contribution in [2.75, 3.05) is 33.2 Å². The first kappa shape index (κ1) is 15.4. The second-order valence-electron chi connectivity index (χ2n) is 6.55. The van der Waals surface area contributed by atoms with Gasteiger partial charge in [0.1, 0.15) is 0 Å². The van der Waals surface area contributed by atoms with E-state index in [2.05, 4.69) is 38.1 Å². The first-order valence-electron chi connectivity index (χ1n) is 6.75. The van der Waals surface area contributed by atoms with Gasteiger partial charge in [-0.05, 0) is 18.9 Å². The Balaban J connectivity index is 2.25. The number of hydrazine groups is 1. The van der Waals surface area contributed by atoms with E-state index in [0.29, 0.717) is 6.42 Å². The lowest BCUT2D eigenvalue weighted by Gasteiger charge is -2.32. The fraction of sp³-hybridized carbons (Fsp3) is 0.923. The molecule has 1 amide bonds. The van der Waals surface area contributed by atoms with Gasteiger partial charge in [0.2, 0.25) is 5.91 Å². The normalized spacial score (nSPS) is 20.7. The predicted molar refractivity (Wildman–Crippen MR) is 73.9 cm³/mol. The number of carbonyl (C=O) groups is 1. The van der Waals surface area contributed by atoms with Crippen LogP contribution in [0.1, 0.15) is 33.6 Å². The van der Waals surface area contributed by atoms with Gasteiger partial charge in [-0.1, -0.05) is 20.8 Å². The minimum Gasteiger partial charge on any atom is -0.327 e. The number of rotatable bonds is 4. The van der Waals surface area contributed by atoms with Crippen LogP contribution < -0.4 is 11.2 Å². The molecule has 0 aromatic rings. The molecule has 1 heterocycles. The van der Waals surface area contributed by atoms with Crippen LogP contribution in [-0.2, 0) is 4.79 Å². The standard InChI is InChI=1S/C13H28N4O/c1-13(2,3)10-11(14)9-12(18)15-17-7-5-16(4)6-8-17/h11H,5-10,14H2,1-4H3,(H,15,18). The van der Waals surface area contributed by atoms with Crippen LogP contribution in [0.5, 0.6) is 0 Å². The van der Waals surface area contributed by atoms with Crippen molar-refractivity contribution < 1.29 is 4.79 Å². The summed E-state index contributed by atoms with van der Waals surface area (Å²) in [6.07, 6.45) is 1.27. The molecule has 106 valence electrons. The largest absolute Gasteiger partial charge is 0.327 e. The zero-order chi connectivity index (χ0) is 13.8. The van der Waals surface area contributed by atoms with Crippen LogP contribution >= 0.6 is 0 Å².